The monoisotopic (exact) mass is 319 g/mol. The lowest BCUT2D eigenvalue weighted by Gasteiger charge is -2.31. The highest BCUT2D eigenvalue weighted by molar-refractivity contribution is 5.84. The Bertz CT molecular complexity index is 720. The number of hydrogen-bond acceptors (Lipinski definition) is 1. The second kappa shape index (κ2) is 6.93. The Morgan fingerprint density at radius 3 is 2.42 bits per heavy atom. The van der Waals surface area contributed by atoms with E-state index in [4.69, 9.17) is 4.99 Å². The molecule has 3 rings (SSSR count). The maximum absolute atomic E-state index is 4.82. The third-order valence-electron chi connectivity index (χ3n) is 5.17. The van der Waals surface area contributed by atoms with Crippen LogP contribution >= 0.6 is 0 Å². The predicted octanol–water partition coefficient (Wildman–Crippen LogP) is 5.42. The molecule has 0 fully saturated rings. The van der Waals surface area contributed by atoms with Crippen LogP contribution in [0.4, 0.5) is 0 Å². The topological polar surface area (TPSA) is 12.4 Å². The molecule has 1 heteroatoms. The van der Waals surface area contributed by atoms with Gasteiger partial charge in [0.15, 0.2) is 0 Å². The van der Waals surface area contributed by atoms with E-state index in [2.05, 4.69) is 76.4 Å². The smallest absolute Gasteiger partial charge is 0.0588 e. The van der Waals surface area contributed by atoms with Crippen molar-refractivity contribution in [2.45, 2.75) is 59.4 Å². The molecule has 0 aromatic heterocycles. The van der Waals surface area contributed by atoms with Crippen molar-refractivity contribution in [3.05, 3.63) is 70.3 Å². The average Bonchev–Trinajstić information content (AvgIpc) is 2.58. The highest BCUT2D eigenvalue weighted by Gasteiger charge is 2.27. The molecule has 24 heavy (non-hydrogen) atoms. The van der Waals surface area contributed by atoms with Crippen LogP contribution in [0.2, 0.25) is 0 Å². The molecule has 126 valence electrons. The van der Waals surface area contributed by atoms with Gasteiger partial charge in [0.25, 0.3) is 0 Å². The van der Waals surface area contributed by atoms with Crippen molar-refractivity contribution < 1.29 is 0 Å². The first-order valence-electron chi connectivity index (χ1n) is 9.19. The van der Waals surface area contributed by atoms with Crippen LogP contribution < -0.4 is 0 Å². The molecule has 1 aliphatic rings. The summed E-state index contributed by atoms with van der Waals surface area (Å²) in [6.45, 7) is 9.12. The second-order valence-corrected chi connectivity index (χ2v) is 8.02. The van der Waals surface area contributed by atoms with Crippen molar-refractivity contribution in [3.8, 4) is 0 Å². The maximum atomic E-state index is 4.82. The summed E-state index contributed by atoms with van der Waals surface area (Å²) in [4.78, 5) is 4.82. The third-order valence-corrected chi connectivity index (χ3v) is 5.17. The Hall–Kier alpha value is -1.89. The summed E-state index contributed by atoms with van der Waals surface area (Å²) in [5, 5.41) is 0. The number of fused-ring (bicyclic) bond motifs is 1. The summed E-state index contributed by atoms with van der Waals surface area (Å²) in [6, 6.07) is 16.0. The number of aryl methyl sites for hydroxylation is 3. The Balaban J connectivity index is 1.84. The Morgan fingerprint density at radius 1 is 1.00 bits per heavy atom. The largest absolute Gasteiger partial charge is 0.288 e. The van der Waals surface area contributed by atoms with Crippen molar-refractivity contribution in [1.29, 1.82) is 0 Å². The van der Waals surface area contributed by atoms with Gasteiger partial charge in [0.1, 0.15) is 0 Å². The summed E-state index contributed by atoms with van der Waals surface area (Å²) in [7, 11) is 0. The molecule has 1 heterocycles. The summed E-state index contributed by atoms with van der Waals surface area (Å²) in [5.41, 5.74) is 7.45. The van der Waals surface area contributed by atoms with Crippen molar-refractivity contribution in [3.63, 3.8) is 0 Å². The van der Waals surface area contributed by atoms with E-state index < -0.39 is 0 Å². The molecule has 0 saturated heterocycles. The van der Waals surface area contributed by atoms with Gasteiger partial charge in [-0.25, -0.2) is 0 Å². The van der Waals surface area contributed by atoms with Gasteiger partial charge < -0.3 is 0 Å². The van der Waals surface area contributed by atoms with Gasteiger partial charge in [-0.3, -0.25) is 4.99 Å². The summed E-state index contributed by atoms with van der Waals surface area (Å²) in [5.74, 6) is 0. The number of rotatable bonds is 4. The predicted molar refractivity (Wildman–Crippen MR) is 104 cm³/mol. The molecule has 0 N–H and O–H groups in total. The lowest BCUT2D eigenvalue weighted by atomic mass is 9.80. The van der Waals surface area contributed by atoms with Crippen molar-refractivity contribution in [2.24, 2.45) is 10.4 Å². The van der Waals surface area contributed by atoms with E-state index in [1.807, 2.05) is 0 Å². The van der Waals surface area contributed by atoms with Gasteiger partial charge in [-0.15, -0.1) is 0 Å². The number of benzene rings is 2. The first-order valence-corrected chi connectivity index (χ1v) is 9.19. The fraction of sp³-hybridized carbons (Fsp3) is 0.435. The molecular weight excluding hydrogens is 290 g/mol. The molecular formula is C23H29N. The molecule has 1 aliphatic heterocycles. The van der Waals surface area contributed by atoms with Crippen LogP contribution in [0.3, 0.4) is 0 Å². The first kappa shape index (κ1) is 17.0. The zero-order chi connectivity index (χ0) is 17.2. The van der Waals surface area contributed by atoms with Crippen molar-refractivity contribution >= 4 is 6.21 Å². The molecule has 0 spiro atoms. The summed E-state index contributed by atoms with van der Waals surface area (Å²) < 4.78 is 0. The lowest BCUT2D eigenvalue weighted by Crippen LogP contribution is -2.29. The number of nitrogens with zero attached hydrogens (tertiary/aromatic N) is 1. The van der Waals surface area contributed by atoms with Gasteiger partial charge in [-0.05, 0) is 65.0 Å². The molecule has 0 amide bonds. The molecule has 1 atom stereocenters. The quantitative estimate of drug-likeness (QED) is 0.713. The zero-order valence-corrected chi connectivity index (χ0v) is 15.5. The Kier molecular flexibility index (Phi) is 4.89. The van der Waals surface area contributed by atoms with E-state index in [0.717, 1.165) is 25.7 Å². The van der Waals surface area contributed by atoms with E-state index >= 15 is 0 Å². The molecule has 0 aliphatic carbocycles. The second-order valence-electron chi connectivity index (χ2n) is 8.02. The van der Waals surface area contributed by atoms with Crippen LogP contribution in [0.5, 0.6) is 0 Å². The van der Waals surface area contributed by atoms with Crippen LogP contribution in [-0.2, 0) is 25.7 Å². The van der Waals surface area contributed by atoms with Crippen LogP contribution in [0.25, 0.3) is 0 Å². The molecule has 1 unspecified atom stereocenters. The fourth-order valence-electron chi connectivity index (χ4n) is 3.50. The van der Waals surface area contributed by atoms with Gasteiger partial charge in [-0.1, -0.05) is 64.1 Å². The molecule has 2 aromatic carbocycles. The molecule has 0 bridgehead atoms. The minimum Gasteiger partial charge on any atom is -0.288 e. The normalized spacial score (nSPS) is 16.9. The number of aliphatic imine (C=N–C) groups is 1. The SMILES string of the molecule is CCc1cc2c(cc1CCc1ccccc1)CC(C(C)(C)C)N=C2. The Morgan fingerprint density at radius 2 is 1.75 bits per heavy atom. The van der Waals surface area contributed by atoms with E-state index in [9.17, 15) is 0 Å². The van der Waals surface area contributed by atoms with Crippen LogP contribution in [0.15, 0.2) is 47.5 Å². The molecule has 0 saturated carbocycles. The highest BCUT2D eigenvalue weighted by Crippen LogP contribution is 2.31. The Labute approximate surface area is 146 Å². The summed E-state index contributed by atoms with van der Waals surface area (Å²) in [6.07, 6.45) is 6.50. The van der Waals surface area contributed by atoms with Gasteiger partial charge in [0, 0.05) is 6.21 Å². The maximum Gasteiger partial charge on any atom is 0.0588 e. The minimum absolute atomic E-state index is 0.224. The van der Waals surface area contributed by atoms with Gasteiger partial charge >= 0.3 is 0 Å². The first-order chi connectivity index (χ1) is 11.5. The van der Waals surface area contributed by atoms with Crippen molar-refractivity contribution in [2.75, 3.05) is 0 Å². The highest BCUT2D eigenvalue weighted by atomic mass is 14.8. The molecule has 2 aromatic rings. The number of hydrogen-bond donors (Lipinski definition) is 0. The van der Waals surface area contributed by atoms with Crippen LogP contribution in [0.1, 0.15) is 55.5 Å². The van der Waals surface area contributed by atoms with Gasteiger partial charge in [-0.2, -0.15) is 0 Å². The standard InChI is InChI=1S/C23H29N/c1-5-18-13-21-16-24-22(23(2,3)4)15-20(21)14-19(18)12-11-17-9-7-6-8-10-17/h6-10,13-14,16,22H,5,11-12,15H2,1-4H3. The van der Waals surface area contributed by atoms with E-state index in [-0.39, 0.29) is 5.41 Å². The lowest BCUT2D eigenvalue weighted by molar-refractivity contribution is 0.319. The minimum atomic E-state index is 0.224. The average molecular weight is 319 g/mol. The van der Waals surface area contributed by atoms with Gasteiger partial charge in [0.2, 0.25) is 0 Å². The van der Waals surface area contributed by atoms with Crippen LogP contribution in [-0.4, -0.2) is 12.3 Å². The summed E-state index contributed by atoms with van der Waals surface area (Å²) >= 11 is 0. The fourth-order valence-corrected chi connectivity index (χ4v) is 3.50. The van der Waals surface area contributed by atoms with Crippen molar-refractivity contribution in [1.82, 2.24) is 0 Å². The van der Waals surface area contributed by atoms with Gasteiger partial charge in [0.05, 0.1) is 6.04 Å². The van der Waals surface area contributed by atoms with E-state index in [1.165, 1.54) is 27.8 Å². The molecule has 1 nitrogen and oxygen atoms in total. The molecule has 0 radical (unpaired) electrons. The zero-order valence-electron chi connectivity index (χ0n) is 15.5. The van der Waals surface area contributed by atoms with Crippen LogP contribution in [0, 0.1) is 5.41 Å². The third kappa shape index (κ3) is 3.77. The van der Waals surface area contributed by atoms with E-state index in [0.29, 0.717) is 6.04 Å². The van der Waals surface area contributed by atoms with E-state index in [1.54, 1.807) is 0 Å².